The van der Waals surface area contributed by atoms with Crippen molar-refractivity contribution in [2.45, 2.75) is 13.2 Å². The average molecular weight is 228 g/mol. The molecule has 0 saturated carbocycles. The summed E-state index contributed by atoms with van der Waals surface area (Å²) in [6.45, 7) is 1.88. The van der Waals surface area contributed by atoms with Crippen molar-refractivity contribution in [2.24, 2.45) is 0 Å². The average Bonchev–Trinajstić information content (AvgIpc) is 2.40. The van der Waals surface area contributed by atoms with E-state index in [9.17, 15) is 0 Å². The van der Waals surface area contributed by atoms with Crippen molar-refractivity contribution in [3.8, 4) is 6.07 Å². The molecule has 1 aromatic rings. The Morgan fingerprint density at radius 3 is 3.25 bits per heavy atom. The summed E-state index contributed by atoms with van der Waals surface area (Å²) < 4.78 is 7.69. The van der Waals surface area contributed by atoms with Crippen LogP contribution in [0.15, 0.2) is 4.60 Å². The van der Waals surface area contributed by atoms with Gasteiger partial charge in [-0.1, -0.05) is 0 Å². The number of fused-ring (bicyclic) bond motifs is 1. The first-order valence-corrected chi connectivity index (χ1v) is 4.35. The standard InChI is InChI=1S/C7H6BrN3O/c8-7-5(3-9)11-1-2-12-4-6(11)10-7/h1-2,4H2. The second-order valence-electron chi connectivity index (χ2n) is 2.48. The Hall–Kier alpha value is -0.860. The lowest BCUT2D eigenvalue weighted by Gasteiger charge is -2.14. The highest BCUT2D eigenvalue weighted by molar-refractivity contribution is 9.10. The zero-order chi connectivity index (χ0) is 8.55. The molecule has 1 aromatic heterocycles. The molecule has 5 heteroatoms. The van der Waals surface area contributed by atoms with Gasteiger partial charge in [-0.2, -0.15) is 5.26 Å². The van der Waals surface area contributed by atoms with Crippen LogP contribution in [0.2, 0.25) is 0 Å². The van der Waals surface area contributed by atoms with Crippen LogP contribution in [0, 0.1) is 11.3 Å². The summed E-state index contributed by atoms with van der Waals surface area (Å²) in [7, 11) is 0. The molecule has 0 bridgehead atoms. The number of imidazole rings is 1. The van der Waals surface area contributed by atoms with E-state index < -0.39 is 0 Å². The summed E-state index contributed by atoms with van der Waals surface area (Å²) in [6, 6.07) is 2.10. The fourth-order valence-electron chi connectivity index (χ4n) is 1.24. The van der Waals surface area contributed by atoms with E-state index in [2.05, 4.69) is 27.0 Å². The highest BCUT2D eigenvalue weighted by Crippen LogP contribution is 2.19. The second kappa shape index (κ2) is 2.88. The largest absolute Gasteiger partial charge is 0.372 e. The number of nitrogens with zero attached hydrogens (tertiary/aromatic N) is 3. The number of rotatable bonds is 0. The van der Waals surface area contributed by atoms with Gasteiger partial charge in [0.05, 0.1) is 6.61 Å². The monoisotopic (exact) mass is 227 g/mol. The molecule has 2 heterocycles. The third-order valence-corrected chi connectivity index (χ3v) is 2.35. The predicted octanol–water partition coefficient (Wildman–Crippen LogP) is 1.05. The van der Waals surface area contributed by atoms with Crippen LogP contribution in [0.1, 0.15) is 11.5 Å². The number of nitriles is 1. The van der Waals surface area contributed by atoms with Gasteiger partial charge in [0, 0.05) is 6.54 Å². The summed E-state index contributed by atoms with van der Waals surface area (Å²) in [5, 5.41) is 8.78. The fraction of sp³-hybridized carbons (Fsp3) is 0.429. The maximum absolute atomic E-state index is 8.78. The molecular weight excluding hydrogens is 222 g/mol. The van der Waals surface area contributed by atoms with Crippen LogP contribution in [0.3, 0.4) is 0 Å². The lowest BCUT2D eigenvalue weighted by atomic mass is 10.4. The quantitative estimate of drug-likeness (QED) is 0.666. The normalized spacial score (nSPS) is 15.3. The van der Waals surface area contributed by atoms with E-state index in [1.165, 1.54) is 0 Å². The fourth-order valence-corrected chi connectivity index (χ4v) is 1.75. The minimum Gasteiger partial charge on any atom is -0.372 e. The van der Waals surface area contributed by atoms with E-state index in [1.807, 2.05) is 4.57 Å². The van der Waals surface area contributed by atoms with Gasteiger partial charge in [-0.15, -0.1) is 0 Å². The van der Waals surface area contributed by atoms with Crippen molar-refractivity contribution >= 4 is 15.9 Å². The molecule has 0 saturated heterocycles. The molecule has 12 heavy (non-hydrogen) atoms. The van der Waals surface area contributed by atoms with Gasteiger partial charge in [-0.05, 0) is 15.9 Å². The lowest BCUT2D eigenvalue weighted by molar-refractivity contribution is 0.0813. The summed E-state index contributed by atoms with van der Waals surface area (Å²) in [5.41, 5.74) is 0.591. The Morgan fingerprint density at radius 1 is 1.67 bits per heavy atom. The lowest BCUT2D eigenvalue weighted by Crippen LogP contribution is -2.17. The molecule has 62 valence electrons. The van der Waals surface area contributed by atoms with Crippen LogP contribution in [0.4, 0.5) is 0 Å². The Bertz CT molecular complexity index is 352. The van der Waals surface area contributed by atoms with Crippen LogP contribution in [0.25, 0.3) is 0 Å². The third-order valence-electron chi connectivity index (χ3n) is 1.80. The van der Waals surface area contributed by atoms with E-state index in [1.54, 1.807) is 0 Å². The van der Waals surface area contributed by atoms with E-state index in [-0.39, 0.29) is 0 Å². The van der Waals surface area contributed by atoms with Gasteiger partial charge in [0.15, 0.2) is 5.69 Å². The molecule has 0 aromatic carbocycles. The predicted molar refractivity (Wildman–Crippen MR) is 44.3 cm³/mol. The SMILES string of the molecule is N#Cc1c(Br)nc2n1CCOC2. The van der Waals surface area contributed by atoms with Gasteiger partial charge in [0.25, 0.3) is 0 Å². The Kier molecular flexibility index (Phi) is 1.87. The molecule has 0 fully saturated rings. The minimum absolute atomic E-state index is 0.500. The van der Waals surface area contributed by atoms with Gasteiger partial charge in [0.1, 0.15) is 23.1 Å². The van der Waals surface area contributed by atoms with E-state index in [0.717, 1.165) is 12.4 Å². The molecule has 0 aliphatic carbocycles. The van der Waals surface area contributed by atoms with E-state index >= 15 is 0 Å². The molecule has 0 amide bonds. The summed E-state index contributed by atoms with van der Waals surface area (Å²) in [6.07, 6.45) is 0. The second-order valence-corrected chi connectivity index (χ2v) is 3.23. The Labute approximate surface area is 77.9 Å². The number of hydrogen-bond acceptors (Lipinski definition) is 3. The molecule has 2 rings (SSSR count). The summed E-state index contributed by atoms with van der Waals surface area (Å²) >= 11 is 3.23. The zero-order valence-corrected chi connectivity index (χ0v) is 7.84. The topological polar surface area (TPSA) is 50.8 Å². The number of ether oxygens (including phenoxy) is 1. The summed E-state index contributed by atoms with van der Waals surface area (Å²) in [4.78, 5) is 4.15. The van der Waals surface area contributed by atoms with Crippen molar-refractivity contribution in [3.63, 3.8) is 0 Å². The maximum atomic E-state index is 8.78. The van der Waals surface area contributed by atoms with E-state index in [0.29, 0.717) is 23.5 Å². The highest BCUT2D eigenvalue weighted by Gasteiger charge is 2.17. The minimum atomic E-state index is 0.500. The van der Waals surface area contributed by atoms with Crippen molar-refractivity contribution in [2.75, 3.05) is 6.61 Å². The molecule has 1 aliphatic heterocycles. The first-order chi connectivity index (χ1) is 5.83. The van der Waals surface area contributed by atoms with Gasteiger partial charge in [-0.3, -0.25) is 0 Å². The van der Waals surface area contributed by atoms with Crippen LogP contribution in [-0.4, -0.2) is 16.2 Å². The van der Waals surface area contributed by atoms with Crippen LogP contribution in [0.5, 0.6) is 0 Å². The van der Waals surface area contributed by atoms with Gasteiger partial charge >= 0.3 is 0 Å². The van der Waals surface area contributed by atoms with Crippen LogP contribution >= 0.6 is 15.9 Å². The maximum Gasteiger partial charge on any atom is 0.154 e. The first kappa shape index (κ1) is 7.77. The molecule has 0 spiro atoms. The van der Waals surface area contributed by atoms with Gasteiger partial charge in [0.2, 0.25) is 0 Å². The molecule has 1 aliphatic rings. The smallest absolute Gasteiger partial charge is 0.154 e. The molecule has 0 N–H and O–H groups in total. The van der Waals surface area contributed by atoms with Gasteiger partial charge < -0.3 is 9.30 Å². The van der Waals surface area contributed by atoms with E-state index in [4.69, 9.17) is 10.00 Å². The Balaban J connectivity index is 2.56. The molecular formula is C7H6BrN3O. The third kappa shape index (κ3) is 1.04. The van der Waals surface area contributed by atoms with Gasteiger partial charge in [-0.25, -0.2) is 4.98 Å². The first-order valence-electron chi connectivity index (χ1n) is 3.55. The zero-order valence-electron chi connectivity index (χ0n) is 6.25. The number of hydrogen-bond donors (Lipinski definition) is 0. The van der Waals surface area contributed by atoms with Crippen molar-refractivity contribution in [1.29, 1.82) is 5.26 Å². The number of aromatic nitrogens is 2. The molecule has 0 atom stereocenters. The number of halogens is 1. The Morgan fingerprint density at radius 2 is 2.50 bits per heavy atom. The van der Waals surface area contributed by atoms with Crippen LogP contribution in [-0.2, 0) is 17.9 Å². The molecule has 4 nitrogen and oxygen atoms in total. The highest BCUT2D eigenvalue weighted by atomic mass is 79.9. The van der Waals surface area contributed by atoms with Crippen molar-refractivity contribution in [3.05, 3.63) is 16.1 Å². The van der Waals surface area contributed by atoms with Crippen molar-refractivity contribution < 1.29 is 4.74 Å². The molecule has 0 unspecified atom stereocenters. The van der Waals surface area contributed by atoms with Crippen molar-refractivity contribution in [1.82, 2.24) is 9.55 Å². The van der Waals surface area contributed by atoms with Crippen LogP contribution < -0.4 is 0 Å². The molecule has 0 radical (unpaired) electrons. The summed E-state index contributed by atoms with van der Waals surface area (Å²) in [5.74, 6) is 0.824.